The lowest BCUT2D eigenvalue weighted by atomic mass is 9.87. The van der Waals surface area contributed by atoms with E-state index in [2.05, 4.69) is 55.3 Å². The van der Waals surface area contributed by atoms with E-state index in [9.17, 15) is 18.0 Å². The number of halogens is 3. The minimum absolute atomic E-state index is 0.00883. The van der Waals surface area contributed by atoms with Crippen molar-refractivity contribution >= 4 is 23.0 Å². The maximum Gasteiger partial charge on any atom is 0.418 e. The number of hydrogen-bond acceptors (Lipinski definition) is 5. The van der Waals surface area contributed by atoms with Crippen LogP contribution in [0.3, 0.4) is 0 Å². The number of nitrogens with two attached hydrogens (primary N) is 1. The van der Waals surface area contributed by atoms with Gasteiger partial charge in [-0.2, -0.15) is 13.2 Å². The molecule has 9 heteroatoms. The van der Waals surface area contributed by atoms with E-state index in [1.165, 1.54) is 17.3 Å². The third kappa shape index (κ3) is 7.12. The molecule has 1 amide bonds. The van der Waals surface area contributed by atoms with E-state index >= 15 is 0 Å². The Morgan fingerprint density at radius 1 is 0.974 bits per heavy atom. The number of carbonyl (C=O) groups excluding carboxylic acids is 1. The molecular formula is C29H39F3N4O2. The second-order valence-electron chi connectivity index (χ2n) is 11.4. The molecule has 2 aromatic carbocycles. The second kappa shape index (κ2) is 11.4. The number of hydrogen-bond donors (Lipinski definition) is 2. The van der Waals surface area contributed by atoms with Crippen molar-refractivity contribution < 1.29 is 22.7 Å². The lowest BCUT2D eigenvalue weighted by Gasteiger charge is -2.37. The Morgan fingerprint density at radius 3 is 2.18 bits per heavy atom. The Bertz CT molecular complexity index is 1080. The predicted octanol–water partition coefficient (Wildman–Crippen LogP) is 5.67. The van der Waals surface area contributed by atoms with Crippen LogP contribution in [0.15, 0.2) is 42.5 Å². The van der Waals surface area contributed by atoms with Crippen molar-refractivity contribution in [2.75, 3.05) is 48.7 Å². The summed E-state index contributed by atoms with van der Waals surface area (Å²) in [5.41, 5.74) is 7.41. The number of carbonyl (C=O) groups is 1. The van der Waals surface area contributed by atoms with Crippen molar-refractivity contribution in [2.24, 2.45) is 0 Å². The maximum atomic E-state index is 13.1. The van der Waals surface area contributed by atoms with Gasteiger partial charge in [0.15, 0.2) is 0 Å². The molecule has 2 aliphatic rings. The molecule has 1 saturated carbocycles. The van der Waals surface area contributed by atoms with E-state index in [1.807, 2.05) is 4.90 Å². The molecule has 3 N–H and O–H groups in total. The first kappa shape index (κ1) is 28.1. The highest BCUT2D eigenvalue weighted by atomic mass is 19.4. The number of nitrogens with one attached hydrogen (secondary N) is 1. The topological polar surface area (TPSA) is 70.8 Å². The summed E-state index contributed by atoms with van der Waals surface area (Å²) < 4.78 is 45.3. The molecule has 2 aromatic rings. The van der Waals surface area contributed by atoms with Crippen LogP contribution < -0.4 is 16.0 Å². The zero-order chi connectivity index (χ0) is 27.5. The second-order valence-corrected chi connectivity index (χ2v) is 11.4. The van der Waals surface area contributed by atoms with Gasteiger partial charge >= 0.3 is 6.18 Å². The maximum absolute atomic E-state index is 13.1. The predicted molar refractivity (Wildman–Crippen MR) is 145 cm³/mol. The zero-order valence-electron chi connectivity index (χ0n) is 22.5. The Kier molecular flexibility index (Phi) is 8.45. The molecule has 0 radical (unpaired) electrons. The van der Waals surface area contributed by atoms with E-state index in [0.29, 0.717) is 18.8 Å². The summed E-state index contributed by atoms with van der Waals surface area (Å²) >= 11 is 0. The van der Waals surface area contributed by atoms with Gasteiger partial charge in [-0.3, -0.25) is 4.79 Å². The van der Waals surface area contributed by atoms with Gasteiger partial charge < -0.3 is 25.6 Å². The molecule has 1 aliphatic heterocycles. The molecule has 2 fully saturated rings. The van der Waals surface area contributed by atoms with E-state index in [4.69, 9.17) is 10.5 Å². The average molecular weight is 533 g/mol. The third-order valence-corrected chi connectivity index (χ3v) is 7.58. The Morgan fingerprint density at radius 2 is 1.61 bits per heavy atom. The lowest BCUT2D eigenvalue weighted by Crippen LogP contribution is -2.50. The van der Waals surface area contributed by atoms with Crippen LogP contribution in [-0.2, 0) is 21.1 Å². The van der Waals surface area contributed by atoms with Crippen molar-refractivity contribution in [3.63, 3.8) is 0 Å². The SMILES string of the molecule is CC(C)(C)c1ccc(N2CCN(C(=O)COC3CCC(Nc4ccc(N)c(C(F)(F)F)c4)CC3)CC2)cc1. The highest BCUT2D eigenvalue weighted by molar-refractivity contribution is 5.77. The Labute approximate surface area is 223 Å². The molecular weight excluding hydrogens is 493 g/mol. The van der Waals surface area contributed by atoms with E-state index in [1.54, 1.807) is 6.07 Å². The highest BCUT2D eigenvalue weighted by Crippen LogP contribution is 2.36. The summed E-state index contributed by atoms with van der Waals surface area (Å²) in [5, 5.41) is 3.19. The number of piperazine rings is 1. The van der Waals surface area contributed by atoms with Crippen LogP contribution in [0, 0.1) is 0 Å². The molecule has 6 nitrogen and oxygen atoms in total. The number of ether oxygens (including phenoxy) is 1. The summed E-state index contributed by atoms with van der Waals surface area (Å²) in [5.74, 6) is 0.00883. The van der Waals surface area contributed by atoms with Crippen molar-refractivity contribution in [3.05, 3.63) is 53.6 Å². The normalized spacial score (nSPS) is 20.9. The van der Waals surface area contributed by atoms with Crippen LogP contribution in [0.2, 0.25) is 0 Å². The molecule has 0 spiro atoms. The molecule has 1 aliphatic carbocycles. The summed E-state index contributed by atoms with van der Waals surface area (Å²) in [7, 11) is 0. The van der Waals surface area contributed by atoms with Crippen LogP contribution in [0.5, 0.6) is 0 Å². The number of amides is 1. The fourth-order valence-corrected chi connectivity index (χ4v) is 5.17. The van der Waals surface area contributed by atoms with E-state index in [0.717, 1.165) is 44.8 Å². The number of nitrogens with zero attached hydrogens (tertiary/aromatic N) is 2. The number of benzene rings is 2. The van der Waals surface area contributed by atoms with Crippen molar-refractivity contribution in [2.45, 2.75) is 70.2 Å². The summed E-state index contributed by atoms with van der Waals surface area (Å²) in [6, 6.07) is 12.7. The Balaban J connectivity index is 1.17. The van der Waals surface area contributed by atoms with Gasteiger partial charge in [-0.25, -0.2) is 0 Å². The van der Waals surface area contributed by atoms with Gasteiger partial charge in [-0.05, 0) is 67.0 Å². The molecule has 38 heavy (non-hydrogen) atoms. The third-order valence-electron chi connectivity index (χ3n) is 7.58. The quantitative estimate of drug-likeness (QED) is 0.469. The first-order chi connectivity index (χ1) is 17.9. The van der Waals surface area contributed by atoms with Crippen LogP contribution in [-0.4, -0.2) is 55.7 Å². The summed E-state index contributed by atoms with van der Waals surface area (Å²) in [6.45, 7) is 9.59. The molecule has 1 saturated heterocycles. The average Bonchev–Trinajstić information content (AvgIpc) is 2.88. The monoisotopic (exact) mass is 532 g/mol. The number of alkyl halides is 3. The minimum Gasteiger partial charge on any atom is -0.398 e. The van der Waals surface area contributed by atoms with Crippen LogP contribution >= 0.6 is 0 Å². The zero-order valence-corrected chi connectivity index (χ0v) is 22.5. The largest absolute Gasteiger partial charge is 0.418 e. The molecule has 0 atom stereocenters. The Hall–Kier alpha value is -2.94. The van der Waals surface area contributed by atoms with Crippen molar-refractivity contribution in [1.29, 1.82) is 0 Å². The van der Waals surface area contributed by atoms with E-state index < -0.39 is 11.7 Å². The first-order valence-corrected chi connectivity index (χ1v) is 13.4. The van der Waals surface area contributed by atoms with Gasteiger partial charge in [0.1, 0.15) is 6.61 Å². The number of rotatable bonds is 6. The van der Waals surface area contributed by atoms with Gasteiger partial charge in [-0.15, -0.1) is 0 Å². The molecule has 1 heterocycles. The van der Waals surface area contributed by atoms with Crippen molar-refractivity contribution in [1.82, 2.24) is 4.90 Å². The van der Waals surface area contributed by atoms with Crippen LogP contribution in [0.1, 0.15) is 57.6 Å². The standard InChI is InChI=1S/C29H39F3N4O2/c1-28(2,3)20-4-9-23(10-5-20)35-14-16-36(17-15-35)27(37)19-38-24-11-6-21(7-12-24)34-22-8-13-26(33)25(18-22)29(30,31)32/h4-5,8-10,13,18,21,24,34H,6-7,11-12,14-17,19,33H2,1-3H3. The van der Waals surface area contributed by atoms with E-state index in [-0.39, 0.29) is 35.8 Å². The van der Waals surface area contributed by atoms with Gasteiger partial charge in [0.05, 0.1) is 11.7 Å². The molecule has 0 aromatic heterocycles. The van der Waals surface area contributed by atoms with Crippen LogP contribution in [0.25, 0.3) is 0 Å². The van der Waals surface area contributed by atoms with Gasteiger partial charge in [0.25, 0.3) is 0 Å². The molecule has 0 bridgehead atoms. The number of anilines is 3. The van der Waals surface area contributed by atoms with Gasteiger partial charge in [0, 0.05) is 49.3 Å². The fraction of sp³-hybridized carbons (Fsp3) is 0.552. The van der Waals surface area contributed by atoms with Gasteiger partial charge in [0.2, 0.25) is 5.91 Å². The number of nitrogen functional groups attached to an aromatic ring is 1. The van der Waals surface area contributed by atoms with Gasteiger partial charge in [-0.1, -0.05) is 32.9 Å². The molecule has 4 rings (SSSR count). The minimum atomic E-state index is -4.48. The first-order valence-electron chi connectivity index (χ1n) is 13.4. The molecule has 0 unspecified atom stereocenters. The highest BCUT2D eigenvalue weighted by Gasteiger charge is 2.33. The van der Waals surface area contributed by atoms with Crippen molar-refractivity contribution in [3.8, 4) is 0 Å². The smallest absolute Gasteiger partial charge is 0.398 e. The molecule has 208 valence electrons. The fourth-order valence-electron chi connectivity index (χ4n) is 5.17. The lowest BCUT2D eigenvalue weighted by molar-refractivity contribution is -0.139. The summed E-state index contributed by atoms with van der Waals surface area (Å²) in [4.78, 5) is 16.9. The van der Waals surface area contributed by atoms with Crippen LogP contribution in [0.4, 0.5) is 30.2 Å². The summed E-state index contributed by atoms with van der Waals surface area (Å²) in [6.07, 6.45) is -1.47.